The summed E-state index contributed by atoms with van der Waals surface area (Å²) < 4.78 is 88.2. The third-order valence-electron chi connectivity index (χ3n) is 8.06. The third kappa shape index (κ3) is 8.71. The minimum atomic E-state index is -4.73. The molecule has 3 atom stereocenters. The van der Waals surface area contributed by atoms with Gasteiger partial charge in [0.1, 0.15) is 22.7 Å². The quantitative estimate of drug-likeness (QED) is 0.268. The van der Waals surface area contributed by atoms with Crippen LogP contribution in [-0.4, -0.2) is 16.9 Å². The molecule has 0 saturated heterocycles. The van der Waals surface area contributed by atoms with Gasteiger partial charge >= 0.3 is 12.4 Å². The second-order valence-electron chi connectivity index (χ2n) is 11.8. The van der Waals surface area contributed by atoms with E-state index in [0.717, 1.165) is 25.7 Å². The van der Waals surface area contributed by atoms with Crippen LogP contribution in [0.1, 0.15) is 114 Å². The molecule has 0 spiro atoms. The van der Waals surface area contributed by atoms with Crippen LogP contribution in [0.15, 0.2) is 0 Å². The van der Waals surface area contributed by atoms with E-state index in [9.17, 15) is 31.4 Å². The second-order valence-corrected chi connectivity index (χ2v) is 11.8. The minimum Gasteiger partial charge on any atom is -0.507 e. The van der Waals surface area contributed by atoms with Crippen LogP contribution < -0.4 is 4.74 Å². The molecule has 3 unspecified atom stereocenters. The van der Waals surface area contributed by atoms with Gasteiger partial charge in [0.25, 0.3) is 0 Å². The van der Waals surface area contributed by atoms with Gasteiger partial charge in [-0.3, -0.25) is 0 Å². The highest BCUT2D eigenvalue weighted by Gasteiger charge is 2.44. The molecule has 1 aliphatic heterocycles. The summed E-state index contributed by atoms with van der Waals surface area (Å²) in [6, 6.07) is 0. The molecule has 8 heteroatoms. The number of alkyl halides is 6. The first kappa shape index (κ1) is 31.6. The number of halogens is 6. The predicted octanol–water partition coefficient (Wildman–Crippen LogP) is 10.1. The van der Waals surface area contributed by atoms with E-state index in [4.69, 9.17) is 4.74 Å². The maximum absolute atomic E-state index is 13.7. The van der Waals surface area contributed by atoms with Crippen molar-refractivity contribution in [3.8, 4) is 11.5 Å². The molecular weight excluding hydrogens is 494 g/mol. The molecule has 214 valence electrons. The lowest BCUT2D eigenvalue weighted by Gasteiger charge is -2.38. The first-order valence-corrected chi connectivity index (χ1v) is 13.6. The Hall–Kier alpha value is -1.60. The SMILES string of the molecule is Cc1c(C)c2c(c(C(F)(F)F)c1O)CCC(C)(CCCC(CCCC(C)CCCC(C)C)C(F)(F)F)O2. The van der Waals surface area contributed by atoms with Crippen LogP contribution in [0.5, 0.6) is 11.5 Å². The molecule has 0 aliphatic carbocycles. The predicted molar refractivity (Wildman–Crippen MR) is 135 cm³/mol. The van der Waals surface area contributed by atoms with Crippen molar-refractivity contribution in [2.45, 2.75) is 130 Å². The Morgan fingerprint density at radius 2 is 1.43 bits per heavy atom. The van der Waals surface area contributed by atoms with Gasteiger partial charge in [-0.15, -0.1) is 0 Å². The van der Waals surface area contributed by atoms with Crippen LogP contribution in [0.3, 0.4) is 0 Å². The van der Waals surface area contributed by atoms with E-state index in [1.54, 1.807) is 13.8 Å². The zero-order chi connectivity index (χ0) is 28.2. The highest BCUT2D eigenvalue weighted by atomic mass is 19.4. The first-order chi connectivity index (χ1) is 17.0. The van der Waals surface area contributed by atoms with Gasteiger partial charge in [0, 0.05) is 5.56 Å². The molecule has 1 heterocycles. The summed E-state index contributed by atoms with van der Waals surface area (Å²) in [5, 5.41) is 10.2. The Balaban J connectivity index is 1.99. The van der Waals surface area contributed by atoms with E-state index >= 15 is 0 Å². The molecule has 1 aromatic carbocycles. The van der Waals surface area contributed by atoms with Crippen LogP contribution in [0, 0.1) is 31.6 Å². The van der Waals surface area contributed by atoms with Crippen LogP contribution in [0.2, 0.25) is 0 Å². The lowest BCUT2D eigenvalue weighted by molar-refractivity contribution is -0.179. The molecule has 0 aromatic heterocycles. The Morgan fingerprint density at radius 3 is 1.97 bits per heavy atom. The summed E-state index contributed by atoms with van der Waals surface area (Å²) in [5.74, 6) is -1.01. The number of hydrogen-bond acceptors (Lipinski definition) is 2. The summed E-state index contributed by atoms with van der Waals surface area (Å²) >= 11 is 0. The molecule has 37 heavy (non-hydrogen) atoms. The van der Waals surface area contributed by atoms with Gasteiger partial charge < -0.3 is 9.84 Å². The largest absolute Gasteiger partial charge is 0.507 e. The number of aromatic hydroxyl groups is 1. The molecule has 1 N–H and O–H groups in total. The van der Waals surface area contributed by atoms with Crippen LogP contribution >= 0.6 is 0 Å². The van der Waals surface area contributed by atoms with Crippen molar-refractivity contribution in [1.82, 2.24) is 0 Å². The van der Waals surface area contributed by atoms with E-state index in [2.05, 4.69) is 20.8 Å². The number of fused-ring (bicyclic) bond motifs is 1. The maximum atomic E-state index is 13.7. The topological polar surface area (TPSA) is 29.5 Å². The van der Waals surface area contributed by atoms with Crippen molar-refractivity contribution in [2.24, 2.45) is 17.8 Å². The molecule has 1 aromatic rings. The zero-order valence-electron chi connectivity index (χ0n) is 23.1. The van der Waals surface area contributed by atoms with Gasteiger partial charge in [0.05, 0.1) is 5.92 Å². The van der Waals surface area contributed by atoms with Crippen molar-refractivity contribution in [1.29, 1.82) is 0 Å². The lowest BCUT2D eigenvalue weighted by Crippen LogP contribution is -2.38. The lowest BCUT2D eigenvalue weighted by atomic mass is 9.83. The molecule has 0 fully saturated rings. The zero-order valence-corrected chi connectivity index (χ0v) is 23.1. The highest BCUT2D eigenvalue weighted by Crippen LogP contribution is 2.50. The van der Waals surface area contributed by atoms with Gasteiger partial charge in [0.15, 0.2) is 0 Å². The maximum Gasteiger partial charge on any atom is 0.420 e. The van der Waals surface area contributed by atoms with Gasteiger partial charge in [-0.25, -0.2) is 0 Å². The fraction of sp³-hybridized carbons (Fsp3) is 0.793. The second kappa shape index (κ2) is 12.5. The molecule has 2 rings (SSSR count). The Labute approximate surface area is 218 Å². The molecule has 2 nitrogen and oxygen atoms in total. The summed E-state index contributed by atoms with van der Waals surface area (Å²) in [6.07, 6.45) is -3.40. The number of hydrogen-bond donors (Lipinski definition) is 1. The highest BCUT2D eigenvalue weighted by molar-refractivity contribution is 5.59. The van der Waals surface area contributed by atoms with Crippen LogP contribution in [0.4, 0.5) is 26.3 Å². The average Bonchev–Trinajstić information content (AvgIpc) is 2.75. The summed E-state index contributed by atoms with van der Waals surface area (Å²) in [5.41, 5.74) is -1.46. The normalized spacial score (nSPS) is 20.0. The number of phenols is 1. The first-order valence-electron chi connectivity index (χ1n) is 13.6. The van der Waals surface area contributed by atoms with E-state index in [1.165, 1.54) is 6.92 Å². The van der Waals surface area contributed by atoms with Crippen molar-refractivity contribution in [3.05, 3.63) is 22.3 Å². The van der Waals surface area contributed by atoms with Gasteiger partial charge in [-0.2, -0.15) is 26.3 Å². The third-order valence-corrected chi connectivity index (χ3v) is 8.06. The van der Waals surface area contributed by atoms with Crippen LogP contribution in [-0.2, 0) is 12.6 Å². The van der Waals surface area contributed by atoms with Crippen molar-refractivity contribution >= 4 is 0 Å². The smallest absolute Gasteiger partial charge is 0.420 e. The van der Waals surface area contributed by atoms with E-state index in [0.29, 0.717) is 30.2 Å². The average molecular weight is 539 g/mol. The fourth-order valence-corrected chi connectivity index (χ4v) is 5.49. The van der Waals surface area contributed by atoms with Crippen LogP contribution in [0.25, 0.3) is 0 Å². The van der Waals surface area contributed by atoms with E-state index in [-0.39, 0.29) is 49.0 Å². The van der Waals surface area contributed by atoms with E-state index in [1.807, 2.05) is 0 Å². The number of ether oxygens (including phenoxy) is 1. The Morgan fingerprint density at radius 1 is 0.865 bits per heavy atom. The molecular formula is C29H44F6O2. The standard InChI is InChI=1S/C29H44F6O2/c1-18(2)10-7-11-19(3)12-8-13-22(28(30,31)32)14-9-16-27(6)17-15-23-24(29(33,34)35)25(36)20(4)21(5)26(23)37-27/h18-19,22,36H,7-17H2,1-6H3. The number of benzene rings is 1. The summed E-state index contributed by atoms with van der Waals surface area (Å²) in [7, 11) is 0. The molecule has 0 saturated carbocycles. The summed E-state index contributed by atoms with van der Waals surface area (Å²) in [6.45, 7) is 11.2. The fourth-order valence-electron chi connectivity index (χ4n) is 5.49. The Kier molecular flexibility index (Phi) is 10.7. The molecule has 1 aliphatic rings. The van der Waals surface area contributed by atoms with Gasteiger partial charge in [-0.1, -0.05) is 52.9 Å². The number of phenolic OH excluding ortho intramolecular Hbond substituents is 1. The van der Waals surface area contributed by atoms with Crippen molar-refractivity contribution in [2.75, 3.05) is 0 Å². The van der Waals surface area contributed by atoms with Crippen molar-refractivity contribution in [3.63, 3.8) is 0 Å². The summed E-state index contributed by atoms with van der Waals surface area (Å²) in [4.78, 5) is 0. The minimum absolute atomic E-state index is 0.0155. The van der Waals surface area contributed by atoms with E-state index < -0.39 is 35.2 Å². The molecule has 0 radical (unpaired) electrons. The van der Waals surface area contributed by atoms with Crippen molar-refractivity contribution < 1.29 is 36.2 Å². The molecule has 0 bridgehead atoms. The van der Waals surface area contributed by atoms with Gasteiger partial charge in [-0.05, 0) is 82.3 Å². The Bertz CT molecular complexity index is 890. The number of rotatable bonds is 12. The van der Waals surface area contributed by atoms with Gasteiger partial charge in [0.2, 0.25) is 0 Å². The molecule has 0 amide bonds. The monoisotopic (exact) mass is 538 g/mol.